The Morgan fingerprint density at radius 2 is 1.76 bits per heavy atom. The van der Waals surface area contributed by atoms with Gasteiger partial charge < -0.3 is 10.6 Å². The Kier molecular flexibility index (Phi) is 4.87. The maximum atomic E-state index is 13.6. The molecular formula is C16H16F2N2O. The molecule has 0 fully saturated rings. The topological polar surface area (TPSA) is 41.1 Å². The average Bonchev–Trinajstić information content (AvgIpc) is 2.48. The normalized spacial score (nSPS) is 10.2. The van der Waals surface area contributed by atoms with Crippen molar-refractivity contribution in [3.63, 3.8) is 0 Å². The zero-order chi connectivity index (χ0) is 15.2. The zero-order valence-corrected chi connectivity index (χ0v) is 11.6. The Morgan fingerprint density at radius 3 is 2.48 bits per heavy atom. The standard InChI is InChI=1S/C16H16F2N2O/c1-19-15-12(6-4-8-14(15)18)16(21)20-10-9-11-5-2-3-7-13(11)17/h2-8,19H,9-10H2,1H3,(H,20,21). The second-order valence-electron chi connectivity index (χ2n) is 4.51. The van der Waals surface area contributed by atoms with Gasteiger partial charge in [0.1, 0.15) is 11.6 Å². The van der Waals surface area contributed by atoms with Crippen LogP contribution in [0.4, 0.5) is 14.5 Å². The Bertz CT molecular complexity index is 644. The zero-order valence-electron chi connectivity index (χ0n) is 11.6. The van der Waals surface area contributed by atoms with Crippen molar-refractivity contribution >= 4 is 11.6 Å². The van der Waals surface area contributed by atoms with E-state index in [1.165, 1.54) is 24.3 Å². The number of hydrogen-bond donors (Lipinski definition) is 2. The fourth-order valence-corrected chi connectivity index (χ4v) is 2.07. The molecule has 0 spiro atoms. The molecule has 0 heterocycles. The van der Waals surface area contributed by atoms with Gasteiger partial charge in [0.15, 0.2) is 0 Å². The van der Waals surface area contributed by atoms with E-state index < -0.39 is 11.7 Å². The predicted molar refractivity (Wildman–Crippen MR) is 78.4 cm³/mol. The van der Waals surface area contributed by atoms with Gasteiger partial charge in [-0.2, -0.15) is 0 Å². The van der Waals surface area contributed by atoms with Crippen LogP contribution in [0.15, 0.2) is 42.5 Å². The molecule has 0 atom stereocenters. The number of amides is 1. The van der Waals surface area contributed by atoms with Gasteiger partial charge in [-0.15, -0.1) is 0 Å². The first-order valence-electron chi connectivity index (χ1n) is 6.61. The first kappa shape index (κ1) is 15.0. The van der Waals surface area contributed by atoms with Crippen molar-refractivity contribution in [2.24, 2.45) is 0 Å². The minimum atomic E-state index is -0.487. The first-order valence-corrected chi connectivity index (χ1v) is 6.61. The lowest BCUT2D eigenvalue weighted by atomic mass is 10.1. The van der Waals surface area contributed by atoms with Gasteiger partial charge in [0, 0.05) is 13.6 Å². The molecule has 0 unspecified atom stereocenters. The van der Waals surface area contributed by atoms with Gasteiger partial charge in [-0.25, -0.2) is 8.78 Å². The van der Waals surface area contributed by atoms with E-state index in [1.54, 1.807) is 25.2 Å². The largest absolute Gasteiger partial charge is 0.385 e. The van der Waals surface area contributed by atoms with E-state index >= 15 is 0 Å². The van der Waals surface area contributed by atoms with Gasteiger partial charge in [0.05, 0.1) is 11.3 Å². The molecule has 0 aliphatic rings. The fourth-order valence-electron chi connectivity index (χ4n) is 2.07. The molecule has 110 valence electrons. The summed E-state index contributed by atoms with van der Waals surface area (Å²) < 4.78 is 27.0. The number of halogens is 2. The van der Waals surface area contributed by atoms with Gasteiger partial charge >= 0.3 is 0 Å². The summed E-state index contributed by atoms with van der Waals surface area (Å²) in [7, 11) is 1.55. The van der Waals surface area contributed by atoms with Crippen LogP contribution >= 0.6 is 0 Å². The van der Waals surface area contributed by atoms with E-state index in [2.05, 4.69) is 10.6 Å². The third-order valence-corrected chi connectivity index (χ3v) is 3.15. The minimum absolute atomic E-state index is 0.154. The van der Waals surface area contributed by atoms with Crippen LogP contribution in [0, 0.1) is 11.6 Å². The van der Waals surface area contributed by atoms with Gasteiger partial charge in [-0.1, -0.05) is 24.3 Å². The third-order valence-electron chi connectivity index (χ3n) is 3.15. The Morgan fingerprint density at radius 1 is 1.05 bits per heavy atom. The number of anilines is 1. The number of para-hydroxylation sites is 1. The summed E-state index contributed by atoms with van der Waals surface area (Å²) >= 11 is 0. The molecule has 0 radical (unpaired) electrons. The van der Waals surface area contributed by atoms with Crippen molar-refractivity contribution in [2.75, 3.05) is 18.9 Å². The van der Waals surface area contributed by atoms with Gasteiger partial charge in [0.25, 0.3) is 5.91 Å². The average molecular weight is 290 g/mol. The van der Waals surface area contributed by atoms with Crippen molar-refractivity contribution in [3.05, 3.63) is 65.2 Å². The summed E-state index contributed by atoms with van der Waals surface area (Å²) in [6.07, 6.45) is 0.378. The quantitative estimate of drug-likeness (QED) is 0.889. The maximum absolute atomic E-state index is 13.6. The minimum Gasteiger partial charge on any atom is -0.385 e. The molecule has 2 aromatic rings. The maximum Gasteiger partial charge on any atom is 0.253 e. The molecule has 2 N–H and O–H groups in total. The lowest BCUT2D eigenvalue weighted by Gasteiger charge is -2.10. The van der Waals surface area contributed by atoms with Gasteiger partial charge in [-0.05, 0) is 30.2 Å². The smallest absolute Gasteiger partial charge is 0.253 e. The number of rotatable bonds is 5. The monoisotopic (exact) mass is 290 g/mol. The number of carbonyl (C=O) groups is 1. The van der Waals surface area contributed by atoms with Crippen LogP contribution in [0.25, 0.3) is 0 Å². The second kappa shape index (κ2) is 6.83. The Labute approximate surface area is 122 Å². The van der Waals surface area contributed by atoms with E-state index in [-0.39, 0.29) is 23.6 Å². The van der Waals surface area contributed by atoms with E-state index in [9.17, 15) is 13.6 Å². The van der Waals surface area contributed by atoms with Gasteiger partial charge in [0.2, 0.25) is 0 Å². The number of hydrogen-bond acceptors (Lipinski definition) is 2. The highest BCUT2D eigenvalue weighted by molar-refractivity contribution is 5.99. The molecule has 2 rings (SSSR count). The molecule has 0 aliphatic heterocycles. The van der Waals surface area contributed by atoms with Crippen molar-refractivity contribution in [1.82, 2.24) is 5.32 Å². The summed E-state index contributed by atoms with van der Waals surface area (Å²) in [5, 5.41) is 5.33. The Balaban J connectivity index is 2.00. The van der Waals surface area contributed by atoms with Crippen molar-refractivity contribution in [1.29, 1.82) is 0 Å². The lowest BCUT2D eigenvalue weighted by molar-refractivity contribution is 0.0954. The number of benzene rings is 2. The molecule has 5 heteroatoms. The van der Waals surface area contributed by atoms with Crippen LogP contribution < -0.4 is 10.6 Å². The molecule has 0 aromatic heterocycles. The van der Waals surface area contributed by atoms with Crippen LogP contribution in [-0.4, -0.2) is 19.5 Å². The highest BCUT2D eigenvalue weighted by Crippen LogP contribution is 2.19. The summed E-state index contributed by atoms with van der Waals surface area (Å²) in [4.78, 5) is 12.0. The Hall–Kier alpha value is -2.43. The summed E-state index contributed by atoms with van der Waals surface area (Å²) in [6.45, 7) is 0.277. The molecule has 0 aliphatic carbocycles. The van der Waals surface area contributed by atoms with Crippen LogP contribution in [0.5, 0.6) is 0 Å². The highest BCUT2D eigenvalue weighted by Gasteiger charge is 2.13. The van der Waals surface area contributed by atoms with Crippen LogP contribution in [-0.2, 0) is 6.42 Å². The third kappa shape index (κ3) is 3.56. The van der Waals surface area contributed by atoms with Gasteiger partial charge in [-0.3, -0.25) is 4.79 Å². The van der Waals surface area contributed by atoms with Crippen LogP contribution in [0.3, 0.4) is 0 Å². The van der Waals surface area contributed by atoms with Crippen molar-refractivity contribution in [3.8, 4) is 0 Å². The molecule has 0 bridgehead atoms. The first-order chi connectivity index (χ1) is 10.1. The van der Waals surface area contributed by atoms with E-state index in [1.807, 2.05) is 0 Å². The van der Waals surface area contributed by atoms with E-state index in [0.717, 1.165) is 0 Å². The van der Waals surface area contributed by atoms with Crippen molar-refractivity contribution < 1.29 is 13.6 Å². The fraction of sp³-hybridized carbons (Fsp3) is 0.188. The number of nitrogens with one attached hydrogen (secondary N) is 2. The lowest BCUT2D eigenvalue weighted by Crippen LogP contribution is -2.26. The molecular weight excluding hydrogens is 274 g/mol. The molecule has 0 saturated carbocycles. The molecule has 21 heavy (non-hydrogen) atoms. The summed E-state index contributed by atoms with van der Waals surface area (Å²) in [5.41, 5.74) is 0.915. The second-order valence-corrected chi connectivity index (χ2v) is 4.51. The predicted octanol–water partition coefficient (Wildman–Crippen LogP) is 2.98. The number of carbonyl (C=O) groups excluding carboxylic acids is 1. The van der Waals surface area contributed by atoms with Crippen LogP contribution in [0.2, 0.25) is 0 Å². The van der Waals surface area contributed by atoms with E-state index in [4.69, 9.17) is 0 Å². The van der Waals surface area contributed by atoms with Crippen molar-refractivity contribution in [2.45, 2.75) is 6.42 Å². The molecule has 3 nitrogen and oxygen atoms in total. The SMILES string of the molecule is CNc1c(F)cccc1C(=O)NCCc1ccccc1F. The van der Waals surface area contributed by atoms with Crippen LogP contribution in [0.1, 0.15) is 15.9 Å². The summed E-state index contributed by atoms with van der Waals surface area (Å²) in [5.74, 6) is -1.18. The van der Waals surface area contributed by atoms with E-state index in [0.29, 0.717) is 12.0 Å². The molecule has 0 saturated heterocycles. The summed E-state index contributed by atoms with van der Waals surface area (Å²) in [6, 6.07) is 10.7. The molecule has 2 aromatic carbocycles. The molecule has 1 amide bonds. The highest BCUT2D eigenvalue weighted by atomic mass is 19.1.